The van der Waals surface area contributed by atoms with Gasteiger partial charge in [-0.2, -0.15) is 0 Å². The van der Waals surface area contributed by atoms with E-state index in [1.165, 1.54) is 11.8 Å². The summed E-state index contributed by atoms with van der Waals surface area (Å²) in [5, 5.41) is 11.4. The molecule has 0 saturated heterocycles. The van der Waals surface area contributed by atoms with Gasteiger partial charge >= 0.3 is 0 Å². The molecule has 0 fully saturated rings. The van der Waals surface area contributed by atoms with Crippen LogP contribution in [-0.2, 0) is 0 Å². The lowest BCUT2D eigenvalue weighted by atomic mass is 10.1. The Kier molecular flexibility index (Phi) is 2.31. The summed E-state index contributed by atoms with van der Waals surface area (Å²) in [6.07, 6.45) is 7.43. The van der Waals surface area contributed by atoms with Gasteiger partial charge in [0.25, 0.3) is 0 Å². The molecule has 0 aliphatic carbocycles. The summed E-state index contributed by atoms with van der Waals surface area (Å²) < 4.78 is 0. The van der Waals surface area contributed by atoms with Gasteiger partial charge in [-0.3, -0.25) is 0 Å². The summed E-state index contributed by atoms with van der Waals surface area (Å²) in [7, 11) is 1.94. The van der Waals surface area contributed by atoms with E-state index in [0.717, 1.165) is 0 Å². The van der Waals surface area contributed by atoms with Gasteiger partial charge < -0.3 is 10.1 Å². The van der Waals surface area contributed by atoms with Crippen molar-refractivity contribution >= 4 is 6.21 Å². The molecular weight excluding hydrogens is 140 g/mol. The van der Waals surface area contributed by atoms with Gasteiger partial charge in [0, 0.05) is 7.05 Å². The summed E-state index contributed by atoms with van der Waals surface area (Å²) in [4.78, 5) is 1.98. The molecule has 0 saturated carbocycles. The lowest BCUT2D eigenvalue weighted by Gasteiger charge is -2.26. The fourth-order valence-electron chi connectivity index (χ4n) is 1.13. The molecule has 1 aliphatic heterocycles. The van der Waals surface area contributed by atoms with Gasteiger partial charge in [-0.05, 0) is 24.8 Å². The Labute approximate surface area is 66.3 Å². The highest BCUT2D eigenvalue weighted by molar-refractivity contribution is 5.69. The van der Waals surface area contributed by atoms with Crippen LogP contribution in [0.1, 0.15) is 6.92 Å². The second-order valence-electron chi connectivity index (χ2n) is 2.63. The topological polar surface area (TPSA) is 35.8 Å². The predicted molar refractivity (Wildman–Crippen MR) is 44.7 cm³/mol. The first-order chi connectivity index (χ1) is 5.25. The van der Waals surface area contributed by atoms with Crippen LogP contribution in [-0.4, -0.2) is 29.4 Å². The first-order valence-electron chi connectivity index (χ1n) is 3.50. The van der Waals surface area contributed by atoms with Crippen LogP contribution in [0.15, 0.2) is 29.1 Å². The van der Waals surface area contributed by atoms with E-state index in [-0.39, 0.29) is 6.04 Å². The van der Waals surface area contributed by atoms with Crippen molar-refractivity contribution in [3.8, 4) is 0 Å². The molecule has 60 valence electrons. The Hall–Kier alpha value is -1.25. The van der Waals surface area contributed by atoms with Crippen LogP contribution in [0.2, 0.25) is 0 Å². The van der Waals surface area contributed by atoms with E-state index in [9.17, 15) is 0 Å². The van der Waals surface area contributed by atoms with Crippen LogP contribution >= 0.6 is 0 Å². The zero-order valence-corrected chi connectivity index (χ0v) is 6.73. The molecular formula is C8H12N2O. The second kappa shape index (κ2) is 3.23. The fraction of sp³-hybridized carbons (Fsp3) is 0.375. The first-order valence-corrected chi connectivity index (χ1v) is 3.50. The van der Waals surface area contributed by atoms with Gasteiger partial charge in [-0.1, -0.05) is 11.2 Å². The number of oxime groups is 1. The molecule has 11 heavy (non-hydrogen) atoms. The van der Waals surface area contributed by atoms with Crippen molar-refractivity contribution in [2.75, 3.05) is 7.05 Å². The molecule has 1 unspecified atom stereocenters. The van der Waals surface area contributed by atoms with E-state index in [1.807, 2.05) is 37.2 Å². The smallest absolute Gasteiger partial charge is 0.0882 e. The van der Waals surface area contributed by atoms with Crippen molar-refractivity contribution in [2.24, 2.45) is 5.16 Å². The molecule has 0 amide bonds. The first kappa shape index (κ1) is 7.85. The molecule has 0 aromatic carbocycles. The van der Waals surface area contributed by atoms with E-state index < -0.39 is 0 Å². The SMILES string of the molecule is CC1=CC=CN(C)C1/C=N/O. The lowest BCUT2D eigenvalue weighted by Crippen LogP contribution is -2.31. The average molecular weight is 152 g/mol. The van der Waals surface area contributed by atoms with Crippen molar-refractivity contribution < 1.29 is 5.21 Å². The Balaban J connectivity index is 2.77. The van der Waals surface area contributed by atoms with E-state index >= 15 is 0 Å². The Morgan fingerprint density at radius 3 is 3.00 bits per heavy atom. The van der Waals surface area contributed by atoms with E-state index in [1.54, 1.807) is 0 Å². The molecule has 0 aromatic rings. The van der Waals surface area contributed by atoms with Crippen molar-refractivity contribution in [3.63, 3.8) is 0 Å². The quantitative estimate of drug-likeness (QED) is 0.348. The maximum atomic E-state index is 8.35. The molecule has 1 aliphatic rings. The van der Waals surface area contributed by atoms with Crippen molar-refractivity contribution in [1.29, 1.82) is 0 Å². The summed E-state index contributed by atoms with van der Waals surface area (Å²) in [6, 6.07) is 0.102. The van der Waals surface area contributed by atoms with Crippen LogP contribution in [0.4, 0.5) is 0 Å². The molecule has 1 rings (SSSR count). The van der Waals surface area contributed by atoms with Gasteiger partial charge in [-0.25, -0.2) is 0 Å². The standard InChI is InChI=1S/C8H12N2O/c1-7-4-3-5-10(2)8(7)6-9-11/h3-6,8,11H,1-2H3/b9-6+. The summed E-state index contributed by atoms with van der Waals surface area (Å²) in [5.41, 5.74) is 1.17. The summed E-state index contributed by atoms with van der Waals surface area (Å²) in [5.74, 6) is 0. The second-order valence-corrected chi connectivity index (χ2v) is 2.63. The van der Waals surface area contributed by atoms with Crippen molar-refractivity contribution in [2.45, 2.75) is 13.0 Å². The van der Waals surface area contributed by atoms with Crippen LogP contribution in [0.25, 0.3) is 0 Å². The van der Waals surface area contributed by atoms with Crippen molar-refractivity contribution in [3.05, 3.63) is 23.9 Å². The third-order valence-corrected chi connectivity index (χ3v) is 1.79. The Morgan fingerprint density at radius 1 is 1.73 bits per heavy atom. The average Bonchev–Trinajstić information content (AvgIpc) is 1.97. The zero-order valence-electron chi connectivity index (χ0n) is 6.73. The number of allylic oxidation sites excluding steroid dienone is 2. The number of hydrogen-bond acceptors (Lipinski definition) is 3. The van der Waals surface area contributed by atoms with Crippen LogP contribution in [0.5, 0.6) is 0 Å². The minimum absolute atomic E-state index is 0.102. The molecule has 1 atom stereocenters. The van der Waals surface area contributed by atoms with Crippen molar-refractivity contribution in [1.82, 2.24) is 4.90 Å². The number of nitrogens with zero attached hydrogens (tertiary/aromatic N) is 2. The molecule has 0 aromatic heterocycles. The van der Waals surface area contributed by atoms with E-state index in [0.29, 0.717) is 0 Å². The molecule has 0 spiro atoms. The predicted octanol–water partition coefficient (Wildman–Crippen LogP) is 1.22. The van der Waals surface area contributed by atoms with Gasteiger partial charge in [0.2, 0.25) is 0 Å². The van der Waals surface area contributed by atoms with Gasteiger partial charge in [-0.15, -0.1) is 0 Å². The third-order valence-electron chi connectivity index (χ3n) is 1.79. The molecule has 0 bridgehead atoms. The highest BCUT2D eigenvalue weighted by Gasteiger charge is 2.13. The van der Waals surface area contributed by atoms with E-state index in [4.69, 9.17) is 5.21 Å². The van der Waals surface area contributed by atoms with Crippen LogP contribution in [0, 0.1) is 0 Å². The minimum Gasteiger partial charge on any atom is -0.411 e. The lowest BCUT2D eigenvalue weighted by molar-refractivity contribution is 0.315. The molecule has 1 N–H and O–H groups in total. The molecule has 3 heteroatoms. The number of hydrogen-bond donors (Lipinski definition) is 1. The highest BCUT2D eigenvalue weighted by atomic mass is 16.4. The Morgan fingerprint density at radius 2 is 2.45 bits per heavy atom. The molecule has 1 heterocycles. The van der Waals surface area contributed by atoms with Gasteiger partial charge in [0.15, 0.2) is 0 Å². The minimum atomic E-state index is 0.102. The Bertz CT molecular complexity index is 218. The fourth-order valence-corrected chi connectivity index (χ4v) is 1.13. The maximum absolute atomic E-state index is 8.35. The highest BCUT2D eigenvalue weighted by Crippen LogP contribution is 2.11. The van der Waals surface area contributed by atoms with E-state index in [2.05, 4.69) is 5.16 Å². The number of likely N-dealkylation sites (N-methyl/N-ethyl adjacent to an activating group) is 1. The molecule has 0 radical (unpaired) electrons. The van der Waals surface area contributed by atoms with Gasteiger partial charge in [0.1, 0.15) is 0 Å². The normalized spacial score (nSPS) is 24.4. The largest absolute Gasteiger partial charge is 0.411 e. The monoisotopic (exact) mass is 152 g/mol. The van der Waals surface area contributed by atoms with Crippen LogP contribution < -0.4 is 0 Å². The summed E-state index contributed by atoms with van der Waals surface area (Å²) in [6.45, 7) is 2.01. The summed E-state index contributed by atoms with van der Waals surface area (Å²) >= 11 is 0. The maximum Gasteiger partial charge on any atom is 0.0882 e. The van der Waals surface area contributed by atoms with Gasteiger partial charge in [0.05, 0.1) is 12.3 Å². The third kappa shape index (κ3) is 1.61. The van der Waals surface area contributed by atoms with Crippen LogP contribution in [0.3, 0.4) is 0 Å². The molecule has 3 nitrogen and oxygen atoms in total. The number of rotatable bonds is 1. The zero-order chi connectivity index (χ0) is 8.27.